The molecular formula is C28H29N5O4S. The van der Waals surface area contributed by atoms with E-state index >= 15 is 0 Å². The number of thioether (sulfide) groups is 1. The standard InChI is InChI=1S/C28H29N5O4S/c1-18-5-10-23(19(2)15-18)37-14-13-36-21-8-6-20(7-9-21)16-22-26(29)33-28(30-27(22)35)38-24(31-33)17-25(34)32-11-3-4-12-32/h5-10,15-16,29H,3-4,11-14,17H2,1-2H3/b22-16-,29-26?. The van der Waals surface area contributed by atoms with Crippen molar-refractivity contribution in [2.24, 2.45) is 10.1 Å². The third-order valence-electron chi connectivity index (χ3n) is 6.39. The molecular weight excluding hydrogens is 502 g/mol. The van der Waals surface area contributed by atoms with E-state index < -0.39 is 5.91 Å². The highest BCUT2D eigenvalue weighted by Crippen LogP contribution is 2.30. The van der Waals surface area contributed by atoms with E-state index in [2.05, 4.69) is 16.2 Å². The number of ether oxygens (including phenoxy) is 2. The first kappa shape index (κ1) is 25.7. The zero-order chi connectivity index (χ0) is 26.6. The number of rotatable bonds is 8. The number of fused-ring (bicyclic) bond motifs is 1. The zero-order valence-electron chi connectivity index (χ0n) is 21.4. The van der Waals surface area contributed by atoms with Gasteiger partial charge in [-0.3, -0.25) is 15.0 Å². The predicted molar refractivity (Wildman–Crippen MR) is 149 cm³/mol. The molecule has 2 amide bonds. The molecule has 196 valence electrons. The second-order valence-corrected chi connectivity index (χ2v) is 10.4. The van der Waals surface area contributed by atoms with Gasteiger partial charge in [-0.05, 0) is 73.9 Å². The maximum absolute atomic E-state index is 12.7. The number of nitrogens with zero attached hydrogens (tertiary/aromatic N) is 4. The summed E-state index contributed by atoms with van der Waals surface area (Å²) >= 11 is 1.17. The van der Waals surface area contributed by atoms with Crippen LogP contribution in [0.15, 0.2) is 58.1 Å². The summed E-state index contributed by atoms with van der Waals surface area (Å²) in [5.74, 6) is 0.981. The van der Waals surface area contributed by atoms with Gasteiger partial charge in [-0.15, -0.1) is 0 Å². The summed E-state index contributed by atoms with van der Waals surface area (Å²) in [5.41, 5.74) is 3.16. The number of amides is 2. The van der Waals surface area contributed by atoms with Crippen LogP contribution in [0.1, 0.15) is 36.0 Å². The van der Waals surface area contributed by atoms with Crippen LogP contribution in [0.4, 0.5) is 0 Å². The summed E-state index contributed by atoms with van der Waals surface area (Å²) < 4.78 is 11.6. The average molecular weight is 532 g/mol. The predicted octanol–water partition coefficient (Wildman–Crippen LogP) is 4.39. The van der Waals surface area contributed by atoms with Crippen molar-refractivity contribution < 1.29 is 19.1 Å². The third kappa shape index (κ3) is 5.80. The fraction of sp³-hybridized carbons (Fsp3) is 0.321. The molecule has 10 heteroatoms. The topological polar surface area (TPSA) is 108 Å². The number of hydrogen-bond donors (Lipinski definition) is 1. The molecule has 0 saturated carbocycles. The second kappa shape index (κ2) is 11.2. The molecule has 0 bridgehead atoms. The molecule has 3 aliphatic rings. The maximum Gasteiger partial charge on any atom is 0.283 e. The first-order chi connectivity index (χ1) is 18.4. The van der Waals surface area contributed by atoms with Crippen LogP contribution in [0.2, 0.25) is 0 Å². The summed E-state index contributed by atoms with van der Waals surface area (Å²) in [6, 6.07) is 13.3. The molecule has 1 fully saturated rings. The van der Waals surface area contributed by atoms with Crippen LogP contribution in [-0.2, 0) is 9.59 Å². The number of benzene rings is 2. The number of likely N-dealkylation sites (tertiary alicyclic amines) is 1. The minimum absolute atomic E-state index is 0.0157. The van der Waals surface area contributed by atoms with Gasteiger partial charge in [0, 0.05) is 13.1 Å². The minimum atomic E-state index is -0.500. The lowest BCUT2D eigenvalue weighted by atomic mass is 10.1. The molecule has 1 N–H and O–H groups in total. The molecule has 0 unspecified atom stereocenters. The Morgan fingerprint density at radius 3 is 2.55 bits per heavy atom. The molecule has 2 aromatic rings. The summed E-state index contributed by atoms with van der Waals surface area (Å²) in [5, 5.41) is 15.1. The number of aryl methyl sites for hydroxylation is 2. The molecule has 9 nitrogen and oxygen atoms in total. The molecule has 2 aromatic carbocycles. The summed E-state index contributed by atoms with van der Waals surface area (Å²) in [7, 11) is 0. The van der Waals surface area contributed by atoms with Crippen LogP contribution < -0.4 is 9.47 Å². The summed E-state index contributed by atoms with van der Waals surface area (Å²) in [6.07, 6.45) is 3.81. The van der Waals surface area contributed by atoms with Gasteiger partial charge < -0.3 is 14.4 Å². The van der Waals surface area contributed by atoms with E-state index in [4.69, 9.17) is 14.9 Å². The van der Waals surface area contributed by atoms with Gasteiger partial charge in [-0.1, -0.05) is 29.8 Å². The lowest BCUT2D eigenvalue weighted by Gasteiger charge is -2.20. The first-order valence-corrected chi connectivity index (χ1v) is 13.4. The lowest BCUT2D eigenvalue weighted by molar-refractivity contribution is -0.128. The van der Waals surface area contributed by atoms with Gasteiger partial charge in [0.15, 0.2) is 5.84 Å². The van der Waals surface area contributed by atoms with Gasteiger partial charge in [0.1, 0.15) is 29.8 Å². The van der Waals surface area contributed by atoms with E-state index in [1.807, 2.05) is 43.0 Å². The number of aliphatic imine (C=N–C) groups is 1. The van der Waals surface area contributed by atoms with Gasteiger partial charge in [-0.2, -0.15) is 15.1 Å². The van der Waals surface area contributed by atoms with Crippen molar-refractivity contribution in [1.82, 2.24) is 9.91 Å². The number of hydrogen-bond acceptors (Lipinski definition) is 7. The molecule has 3 aliphatic heterocycles. The largest absolute Gasteiger partial charge is 0.490 e. The third-order valence-corrected chi connectivity index (χ3v) is 7.30. The van der Waals surface area contributed by atoms with Crippen molar-refractivity contribution in [3.05, 3.63) is 64.7 Å². The normalized spacial score (nSPS) is 18.0. The summed E-state index contributed by atoms with van der Waals surface area (Å²) in [6.45, 7) is 6.42. The van der Waals surface area contributed by atoms with Gasteiger partial charge in [0.2, 0.25) is 11.1 Å². The Balaban J connectivity index is 1.17. The SMILES string of the molecule is Cc1ccc(OCCOc2ccc(/C=C3/C(=N)N4N=C(CC(=O)N5CCCC5)SC4=NC3=O)cc2)c(C)c1. The number of hydrazone groups is 1. The van der Waals surface area contributed by atoms with E-state index in [1.54, 1.807) is 18.2 Å². The van der Waals surface area contributed by atoms with Crippen LogP contribution >= 0.6 is 11.8 Å². The Morgan fingerprint density at radius 2 is 1.82 bits per heavy atom. The zero-order valence-corrected chi connectivity index (χ0v) is 22.2. The quantitative estimate of drug-likeness (QED) is 0.400. The van der Waals surface area contributed by atoms with E-state index in [-0.39, 0.29) is 23.7 Å². The van der Waals surface area contributed by atoms with Crippen molar-refractivity contribution in [3.8, 4) is 11.5 Å². The van der Waals surface area contributed by atoms with Crippen molar-refractivity contribution in [2.45, 2.75) is 33.1 Å². The van der Waals surface area contributed by atoms with Crippen LogP contribution in [-0.4, -0.2) is 64.1 Å². The number of amidine groups is 2. The lowest BCUT2D eigenvalue weighted by Crippen LogP contribution is -2.35. The molecule has 3 heterocycles. The fourth-order valence-electron chi connectivity index (χ4n) is 4.41. The molecule has 38 heavy (non-hydrogen) atoms. The van der Waals surface area contributed by atoms with Gasteiger partial charge in [0.05, 0.1) is 12.0 Å². The maximum atomic E-state index is 12.7. The molecule has 0 spiro atoms. The highest BCUT2D eigenvalue weighted by atomic mass is 32.2. The second-order valence-electron chi connectivity index (χ2n) is 9.31. The number of carbonyl (C=O) groups is 2. The highest BCUT2D eigenvalue weighted by Gasteiger charge is 2.36. The van der Waals surface area contributed by atoms with Crippen LogP contribution in [0.5, 0.6) is 11.5 Å². The average Bonchev–Trinajstić information content (AvgIpc) is 3.57. The highest BCUT2D eigenvalue weighted by molar-refractivity contribution is 8.27. The minimum Gasteiger partial charge on any atom is -0.490 e. The molecule has 0 atom stereocenters. The summed E-state index contributed by atoms with van der Waals surface area (Å²) in [4.78, 5) is 31.1. The number of nitrogens with one attached hydrogen (secondary N) is 1. The first-order valence-electron chi connectivity index (χ1n) is 12.6. The van der Waals surface area contributed by atoms with Crippen LogP contribution in [0.3, 0.4) is 0 Å². The van der Waals surface area contributed by atoms with Crippen molar-refractivity contribution >= 4 is 45.7 Å². The Labute approximate surface area is 225 Å². The molecule has 1 saturated heterocycles. The van der Waals surface area contributed by atoms with Gasteiger partial charge >= 0.3 is 0 Å². The molecule has 0 aliphatic carbocycles. The van der Waals surface area contributed by atoms with Gasteiger partial charge in [-0.25, -0.2) is 0 Å². The Morgan fingerprint density at radius 1 is 1.08 bits per heavy atom. The molecule has 0 aromatic heterocycles. The van der Waals surface area contributed by atoms with E-state index in [9.17, 15) is 9.59 Å². The van der Waals surface area contributed by atoms with E-state index in [1.165, 1.54) is 22.3 Å². The molecule has 5 rings (SSSR count). The van der Waals surface area contributed by atoms with Gasteiger partial charge in [0.25, 0.3) is 5.91 Å². The Bertz CT molecular complexity index is 1360. The Hall–Kier alpha value is -3.92. The van der Waals surface area contributed by atoms with E-state index in [0.717, 1.165) is 42.8 Å². The number of carbonyl (C=O) groups excluding carboxylic acids is 2. The fourth-order valence-corrected chi connectivity index (χ4v) is 5.29. The van der Waals surface area contributed by atoms with E-state index in [0.29, 0.717) is 29.2 Å². The smallest absolute Gasteiger partial charge is 0.283 e. The van der Waals surface area contributed by atoms with Crippen LogP contribution in [0.25, 0.3) is 6.08 Å². The van der Waals surface area contributed by atoms with Crippen LogP contribution in [0, 0.1) is 19.3 Å². The van der Waals surface area contributed by atoms with Crippen molar-refractivity contribution in [3.63, 3.8) is 0 Å². The Kier molecular flexibility index (Phi) is 7.59. The molecule has 0 radical (unpaired) electrons. The monoisotopic (exact) mass is 531 g/mol. The van der Waals surface area contributed by atoms with Crippen molar-refractivity contribution in [1.29, 1.82) is 5.41 Å². The van der Waals surface area contributed by atoms with Crippen molar-refractivity contribution in [2.75, 3.05) is 26.3 Å².